The molecule has 5 nitrogen and oxygen atoms in total. The van der Waals surface area contributed by atoms with Crippen LogP contribution in [0, 0.1) is 0 Å². The molecular formula is C33H19N5. The maximum absolute atomic E-state index is 4.62. The van der Waals surface area contributed by atoms with Crippen LogP contribution in [-0.4, -0.2) is 23.8 Å². The zero-order valence-electron chi connectivity index (χ0n) is 20.2. The highest BCUT2D eigenvalue weighted by Crippen LogP contribution is 2.39. The van der Waals surface area contributed by atoms with Crippen LogP contribution in [0.2, 0.25) is 0 Å². The topological polar surface area (TPSA) is 47.5 Å². The quantitative estimate of drug-likeness (QED) is 0.220. The van der Waals surface area contributed by atoms with Crippen molar-refractivity contribution in [2.45, 2.75) is 0 Å². The molecular weight excluding hydrogens is 466 g/mol. The van der Waals surface area contributed by atoms with Crippen molar-refractivity contribution in [2.24, 2.45) is 0 Å². The lowest BCUT2D eigenvalue weighted by Gasteiger charge is -2.10. The molecule has 0 aliphatic carbocycles. The van der Waals surface area contributed by atoms with Gasteiger partial charge in [0.2, 0.25) is 0 Å². The number of benzene rings is 3. The number of hydrogen-bond acceptors (Lipinski definition) is 3. The van der Waals surface area contributed by atoms with E-state index in [4.69, 9.17) is 0 Å². The van der Waals surface area contributed by atoms with E-state index in [1.165, 1.54) is 27.1 Å². The van der Waals surface area contributed by atoms with Gasteiger partial charge in [0.15, 0.2) is 0 Å². The second-order valence-electron chi connectivity index (χ2n) is 9.77. The highest BCUT2D eigenvalue weighted by Gasteiger charge is 2.17. The average Bonchev–Trinajstić information content (AvgIpc) is 3.50. The van der Waals surface area contributed by atoms with E-state index in [2.05, 4.69) is 103 Å². The average molecular weight is 486 g/mol. The third kappa shape index (κ3) is 2.38. The van der Waals surface area contributed by atoms with Crippen LogP contribution in [0.4, 0.5) is 0 Å². The van der Waals surface area contributed by atoms with Crippen LogP contribution in [0.1, 0.15) is 0 Å². The van der Waals surface area contributed by atoms with Crippen LogP contribution < -0.4 is 0 Å². The third-order valence-corrected chi connectivity index (χ3v) is 7.94. The van der Waals surface area contributed by atoms with Crippen molar-refractivity contribution in [3.8, 4) is 0 Å². The molecule has 176 valence electrons. The van der Waals surface area contributed by atoms with Gasteiger partial charge in [0, 0.05) is 74.1 Å². The fraction of sp³-hybridized carbons (Fsp3) is 0. The summed E-state index contributed by atoms with van der Waals surface area (Å²) >= 11 is 0. The number of rotatable bonds is 0. The Kier molecular flexibility index (Phi) is 3.73. The molecule has 0 spiro atoms. The van der Waals surface area contributed by atoms with Crippen LogP contribution in [0.3, 0.4) is 0 Å². The fourth-order valence-electron chi connectivity index (χ4n) is 6.45. The summed E-state index contributed by atoms with van der Waals surface area (Å²) in [5, 5.41) is 9.28. The predicted octanol–water partition coefficient (Wildman–Crippen LogP) is 7.86. The third-order valence-electron chi connectivity index (χ3n) is 7.94. The summed E-state index contributed by atoms with van der Waals surface area (Å²) in [5.41, 5.74) is 6.78. The Morgan fingerprint density at radius 2 is 0.789 bits per heavy atom. The number of nitrogens with zero attached hydrogens (tertiary/aromatic N) is 5. The number of para-hydroxylation sites is 3. The summed E-state index contributed by atoms with van der Waals surface area (Å²) in [6, 6.07) is 28.3. The van der Waals surface area contributed by atoms with Gasteiger partial charge in [-0.2, -0.15) is 0 Å². The lowest BCUT2D eigenvalue weighted by atomic mass is 10.1. The molecule has 6 aromatic heterocycles. The van der Waals surface area contributed by atoms with E-state index < -0.39 is 0 Å². The molecule has 0 aliphatic heterocycles. The maximum Gasteiger partial charge on any atom is 0.0724 e. The fourth-order valence-corrected chi connectivity index (χ4v) is 6.45. The van der Waals surface area contributed by atoms with Crippen molar-refractivity contribution >= 4 is 76.2 Å². The van der Waals surface area contributed by atoms with E-state index in [-0.39, 0.29) is 0 Å². The first-order valence-electron chi connectivity index (χ1n) is 12.7. The Morgan fingerprint density at radius 3 is 1.45 bits per heavy atom. The summed E-state index contributed by atoms with van der Waals surface area (Å²) in [6.07, 6.45) is 11.6. The van der Waals surface area contributed by atoms with Crippen molar-refractivity contribution in [3.05, 3.63) is 116 Å². The van der Waals surface area contributed by atoms with Gasteiger partial charge < -0.3 is 8.80 Å². The van der Waals surface area contributed by atoms with Crippen molar-refractivity contribution in [2.75, 3.05) is 0 Å². The number of pyridine rings is 3. The normalized spacial score (nSPS) is 12.2. The van der Waals surface area contributed by atoms with E-state index >= 15 is 0 Å². The Labute approximate surface area is 215 Å². The number of hydrogen-bond donors (Lipinski definition) is 0. The maximum atomic E-state index is 4.62. The predicted molar refractivity (Wildman–Crippen MR) is 156 cm³/mol. The SMILES string of the molecule is c1ccc2c(c1)c1ccncc1n1c3ccncc3c3cccc(c4cccc5c6cnccc6n2c54)c31. The highest BCUT2D eigenvalue weighted by molar-refractivity contribution is 6.25. The zero-order chi connectivity index (χ0) is 24.8. The first kappa shape index (κ1) is 19.8. The van der Waals surface area contributed by atoms with Crippen LogP contribution in [-0.2, 0) is 0 Å². The summed E-state index contributed by atoms with van der Waals surface area (Å²) in [5.74, 6) is 0. The molecule has 0 amide bonds. The molecule has 0 saturated heterocycles. The van der Waals surface area contributed by atoms with Crippen LogP contribution in [0.15, 0.2) is 116 Å². The molecule has 0 N–H and O–H groups in total. The standard InChI is InChI=1S/C33H19N5/c1-2-10-28-20(5-1)21-11-14-36-19-31(21)38-30-13-16-35-18-27(30)25-9-4-7-23(33(25)38)22-6-3-8-24-26-17-34-15-12-29(26)37(28)32(22)24/h1-19H. The molecule has 5 heteroatoms. The van der Waals surface area contributed by atoms with Gasteiger partial charge in [0.25, 0.3) is 0 Å². The molecule has 38 heavy (non-hydrogen) atoms. The van der Waals surface area contributed by atoms with Gasteiger partial charge in [-0.15, -0.1) is 0 Å². The van der Waals surface area contributed by atoms with Gasteiger partial charge in [0.05, 0.1) is 39.3 Å². The van der Waals surface area contributed by atoms with Crippen LogP contribution in [0.5, 0.6) is 0 Å². The number of fused-ring (bicyclic) bond motifs is 12. The van der Waals surface area contributed by atoms with E-state index in [1.54, 1.807) is 0 Å². The summed E-state index contributed by atoms with van der Waals surface area (Å²) in [4.78, 5) is 13.6. The molecule has 0 bridgehead atoms. The molecule has 0 fully saturated rings. The van der Waals surface area contributed by atoms with Crippen molar-refractivity contribution in [3.63, 3.8) is 0 Å². The largest absolute Gasteiger partial charge is 0.308 e. The second kappa shape index (κ2) is 7.14. The molecule has 9 rings (SSSR count). The first-order chi connectivity index (χ1) is 18.9. The minimum atomic E-state index is 1.05. The minimum Gasteiger partial charge on any atom is -0.308 e. The zero-order valence-corrected chi connectivity index (χ0v) is 20.2. The van der Waals surface area contributed by atoms with Gasteiger partial charge in [-0.3, -0.25) is 15.0 Å². The molecule has 0 aliphatic rings. The Bertz CT molecular complexity index is 2290. The molecule has 0 unspecified atom stereocenters. The van der Waals surface area contributed by atoms with Gasteiger partial charge >= 0.3 is 0 Å². The van der Waals surface area contributed by atoms with E-state index in [0.717, 1.165) is 49.1 Å². The van der Waals surface area contributed by atoms with Gasteiger partial charge in [0.1, 0.15) is 0 Å². The van der Waals surface area contributed by atoms with E-state index in [9.17, 15) is 0 Å². The van der Waals surface area contributed by atoms with Crippen molar-refractivity contribution in [1.29, 1.82) is 0 Å². The van der Waals surface area contributed by atoms with Crippen molar-refractivity contribution < 1.29 is 0 Å². The van der Waals surface area contributed by atoms with Crippen molar-refractivity contribution in [1.82, 2.24) is 23.8 Å². The Morgan fingerprint density at radius 1 is 0.342 bits per heavy atom. The van der Waals surface area contributed by atoms with E-state index in [0.29, 0.717) is 0 Å². The monoisotopic (exact) mass is 485 g/mol. The van der Waals surface area contributed by atoms with Gasteiger partial charge in [-0.25, -0.2) is 0 Å². The van der Waals surface area contributed by atoms with Gasteiger partial charge in [-0.05, 0) is 24.3 Å². The van der Waals surface area contributed by atoms with E-state index in [1.807, 2.05) is 37.2 Å². The first-order valence-corrected chi connectivity index (χ1v) is 12.7. The second-order valence-corrected chi connectivity index (χ2v) is 9.77. The Balaban J connectivity index is 1.82. The molecule has 3 aromatic carbocycles. The van der Waals surface area contributed by atoms with Gasteiger partial charge in [-0.1, -0.05) is 54.6 Å². The minimum absolute atomic E-state index is 1.05. The smallest absolute Gasteiger partial charge is 0.0724 e. The molecule has 6 heterocycles. The summed E-state index contributed by atoms with van der Waals surface area (Å²) in [7, 11) is 0. The highest BCUT2D eigenvalue weighted by atomic mass is 14.9. The molecule has 0 atom stereocenters. The Hall–Kier alpha value is -5.29. The van der Waals surface area contributed by atoms with Crippen LogP contribution >= 0.6 is 0 Å². The summed E-state index contributed by atoms with van der Waals surface area (Å²) < 4.78 is 4.79. The molecule has 0 saturated carbocycles. The molecule has 0 radical (unpaired) electrons. The number of aromatic nitrogens is 5. The lowest BCUT2D eigenvalue weighted by Crippen LogP contribution is -1.92. The molecule has 9 aromatic rings. The lowest BCUT2D eigenvalue weighted by molar-refractivity contribution is 1.28. The summed E-state index contributed by atoms with van der Waals surface area (Å²) in [6.45, 7) is 0. The van der Waals surface area contributed by atoms with Crippen LogP contribution in [0.25, 0.3) is 76.2 Å².